The topological polar surface area (TPSA) is 49.9 Å². The zero-order valence-electron chi connectivity index (χ0n) is 16.2. The highest BCUT2D eigenvalue weighted by molar-refractivity contribution is 6.21. The molecular weight excluding hydrogens is 397 g/mol. The van der Waals surface area contributed by atoms with Gasteiger partial charge in [-0.25, -0.2) is 0 Å². The molecule has 0 N–H and O–H groups in total. The zero-order valence-corrected chi connectivity index (χ0v) is 17.0. The molecule has 1 aromatic rings. The van der Waals surface area contributed by atoms with Crippen LogP contribution in [0.2, 0.25) is 0 Å². The fourth-order valence-electron chi connectivity index (χ4n) is 2.80. The van der Waals surface area contributed by atoms with Gasteiger partial charge in [0.1, 0.15) is 18.1 Å². The highest BCUT2D eigenvalue weighted by Crippen LogP contribution is 2.29. The van der Waals surface area contributed by atoms with Gasteiger partial charge < -0.3 is 14.5 Å². The van der Waals surface area contributed by atoms with Gasteiger partial charge in [-0.05, 0) is 45.4 Å². The second kappa shape index (κ2) is 8.29. The number of ether oxygens (including phenoxy) is 1. The predicted molar refractivity (Wildman–Crippen MR) is 98.5 cm³/mol. The molecule has 2 amide bonds. The third kappa shape index (κ3) is 5.61. The Kier molecular flexibility index (Phi) is 6.66. The van der Waals surface area contributed by atoms with Gasteiger partial charge in [-0.1, -0.05) is 23.7 Å². The van der Waals surface area contributed by atoms with Gasteiger partial charge in [-0.2, -0.15) is 13.2 Å². The quantitative estimate of drug-likeness (QED) is 0.539. The van der Waals surface area contributed by atoms with E-state index < -0.39 is 28.9 Å². The second-order valence-electron chi connectivity index (χ2n) is 7.70. The van der Waals surface area contributed by atoms with Gasteiger partial charge in [0.15, 0.2) is 0 Å². The SMILES string of the molecule is CC(Cl)N1CC(=O)N(Cc2ccc(C(F)(F)F)cc2)C(COC(C)(C)C)C1=O. The predicted octanol–water partition coefficient (Wildman–Crippen LogP) is 3.64. The molecule has 156 valence electrons. The number of hydrogen-bond donors (Lipinski definition) is 0. The summed E-state index contributed by atoms with van der Waals surface area (Å²) in [6.07, 6.45) is -4.44. The lowest BCUT2D eigenvalue weighted by atomic mass is 10.1. The van der Waals surface area contributed by atoms with E-state index in [1.165, 1.54) is 21.9 Å². The monoisotopic (exact) mass is 420 g/mol. The van der Waals surface area contributed by atoms with Gasteiger partial charge >= 0.3 is 6.18 Å². The van der Waals surface area contributed by atoms with Gasteiger partial charge in [0.05, 0.1) is 17.8 Å². The first kappa shape index (κ1) is 22.5. The number of nitrogens with zero attached hydrogens (tertiary/aromatic N) is 2. The van der Waals surface area contributed by atoms with Crippen molar-refractivity contribution in [3.8, 4) is 0 Å². The van der Waals surface area contributed by atoms with Gasteiger partial charge in [0.25, 0.3) is 0 Å². The maximum Gasteiger partial charge on any atom is 0.416 e. The van der Waals surface area contributed by atoms with Crippen molar-refractivity contribution in [1.29, 1.82) is 0 Å². The summed E-state index contributed by atoms with van der Waals surface area (Å²) in [7, 11) is 0. The number of carbonyl (C=O) groups is 2. The number of amides is 2. The molecule has 28 heavy (non-hydrogen) atoms. The van der Waals surface area contributed by atoms with E-state index in [2.05, 4.69) is 0 Å². The van der Waals surface area contributed by atoms with E-state index in [1.54, 1.807) is 6.92 Å². The van der Waals surface area contributed by atoms with E-state index in [1.807, 2.05) is 20.8 Å². The van der Waals surface area contributed by atoms with Crippen molar-refractivity contribution < 1.29 is 27.5 Å². The Labute approximate surface area is 167 Å². The minimum absolute atomic E-state index is 0.00534. The summed E-state index contributed by atoms with van der Waals surface area (Å²) < 4.78 is 43.9. The molecule has 1 aliphatic heterocycles. The lowest BCUT2D eigenvalue weighted by Crippen LogP contribution is -2.62. The molecule has 9 heteroatoms. The van der Waals surface area contributed by atoms with Crippen LogP contribution in [0.3, 0.4) is 0 Å². The number of rotatable bonds is 5. The molecule has 0 spiro atoms. The molecule has 0 aliphatic carbocycles. The number of piperazine rings is 1. The summed E-state index contributed by atoms with van der Waals surface area (Å²) in [5.74, 6) is -0.687. The van der Waals surface area contributed by atoms with Crippen LogP contribution >= 0.6 is 11.6 Å². The lowest BCUT2D eigenvalue weighted by Gasteiger charge is -2.42. The van der Waals surface area contributed by atoms with E-state index >= 15 is 0 Å². The molecule has 0 saturated carbocycles. The van der Waals surface area contributed by atoms with Crippen LogP contribution in [-0.4, -0.2) is 51.9 Å². The Morgan fingerprint density at radius 1 is 1.18 bits per heavy atom. The maximum absolute atomic E-state index is 12.8. The van der Waals surface area contributed by atoms with Gasteiger partial charge in [0.2, 0.25) is 11.8 Å². The van der Waals surface area contributed by atoms with Crippen LogP contribution in [0.25, 0.3) is 0 Å². The van der Waals surface area contributed by atoms with Crippen molar-refractivity contribution >= 4 is 23.4 Å². The standard InChI is InChI=1S/C19H24ClF3N2O3/c1-12(20)24-10-16(26)25(15(17(24)27)11-28-18(2,3)4)9-13-5-7-14(8-6-13)19(21,22)23/h5-8,12,15H,9-11H2,1-4H3. The summed E-state index contributed by atoms with van der Waals surface area (Å²) in [5.41, 5.74) is -1.48. The summed E-state index contributed by atoms with van der Waals surface area (Å²) in [6.45, 7) is 6.86. The van der Waals surface area contributed by atoms with Gasteiger partial charge in [-0.3, -0.25) is 9.59 Å². The number of carbonyl (C=O) groups excluding carboxylic acids is 2. The van der Waals surface area contributed by atoms with Crippen molar-refractivity contribution in [3.63, 3.8) is 0 Å². The van der Waals surface area contributed by atoms with Crippen LogP contribution in [0.15, 0.2) is 24.3 Å². The number of benzene rings is 1. The van der Waals surface area contributed by atoms with E-state index in [0.29, 0.717) is 5.56 Å². The molecule has 2 atom stereocenters. The third-order valence-electron chi connectivity index (χ3n) is 4.31. The minimum Gasteiger partial charge on any atom is -0.373 e. The van der Waals surface area contributed by atoms with Crippen LogP contribution in [0.4, 0.5) is 13.2 Å². The van der Waals surface area contributed by atoms with Crippen molar-refractivity contribution in [2.45, 2.75) is 57.6 Å². The first-order valence-corrected chi connectivity index (χ1v) is 9.27. The Hall–Kier alpha value is -1.80. The van der Waals surface area contributed by atoms with Crippen LogP contribution in [-0.2, 0) is 27.0 Å². The Bertz CT molecular complexity index is 715. The Morgan fingerprint density at radius 3 is 2.21 bits per heavy atom. The van der Waals surface area contributed by atoms with E-state index in [0.717, 1.165) is 12.1 Å². The molecule has 0 radical (unpaired) electrons. The molecular formula is C19H24ClF3N2O3. The molecule has 1 aromatic carbocycles. The van der Waals surface area contributed by atoms with Crippen LogP contribution in [0.5, 0.6) is 0 Å². The van der Waals surface area contributed by atoms with Crippen LogP contribution in [0.1, 0.15) is 38.8 Å². The van der Waals surface area contributed by atoms with Gasteiger partial charge in [0, 0.05) is 6.54 Å². The summed E-state index contributed by atoms with van der Waals surface area (Å²) >= 11 is 6.03. The normalized spacial score (nSPS) is 19.9. The van der Waals surface area contributed by atoms with E-state index in [-0.39, 0.29) is 31.5 Å². The molecule has 0 aromatic heterocycles. The molecule has 1 fully saturated rings. The summed E-state index contributed by atoms with van der Waals surface area (Å²) in [4.78, 5) is 28.1. The van der Waals surface area contributed by atoms with Crippen LogP contribution < -0.4 is 0 Å². The highest BCUT2D eigenvalue weighted by Gasteiger charge is 2.41. The number of halogens is 4. The average Bonchev–Trinajstić information content (AvgIpc) is 2.55. The molecule has 2 rings (SSSR count). The Balaban J connectivity index is 2.25. The molecule has 1 heterocycles. The fourth-order valence-corrected chi connectivity index (χ4v) is 2.96. The maximum atomic E-state index is 12.8. The summed E-state index contributed by atoms with van der Waals surface area (Å²) in [6, 6.07) is 3.63. The van der Waals surface area contributed by atoms with E-state index in [9.17, 15) is 22.8 Å². The van der Waals surface area contributed by atoms with Crippen molar-refractivity contribution in [3.05, 3.63) is 35.4 Å². The van der Waals surface area contributed by atoms with Crippen molar-refractivity contribution in [2.75, 3.05) is 13.2 Å². The summed E-state index contributed by atoms with van der Waals surface area (Å²) in [5, 5.41) is 0. The Morgan fingerprint density at radius 2 is 1.75 bits per heavy atom. The molecule has 1 saturated heterocycles. The number of hydrogen-bond acceptors (Lipinski definition) is 3. The zero-order chi connectivity index (χ0) is 21.3. The first-order valence-electron chi connectivity index (χ1n) is 8.84. The first-order chi connectivity index (χ1) is 12.8. The van der Waals surface area contributed by atoms with Crippen molar-refractivity contribution in [2.24, 2.45) is 0 Å². The van der Waals surface area contributed by atoms with Crippen LogP contribution in [0, 0.1) is 0 Å². The molecule has 0 bridgehead atoms. The smallest absolute Gasteiger partial charge is 0.373 e. The van der Waals surface area contributed by atoms with Crippen molar-refractivity contribution in [1.82, 2.24) is 9.80 Å². The van der Waals surface area contributed by atoms with E-state index in [4.69, 9.17) is 16.3 Å². The molecule has 2 unspecified atom stereocenters. The fraction of sp³-hybridized carbons (Fsp3) is 0.579. The van der Waals surface area contributed by atoms with Gasteiger partial charge in [-0.15, -0.1) is 0 Å². The minimum atomic E-state index is -4.44. The number of alkyl halides is 4. The molecule has 5 nitrogen and oxygen atoms in total. The average molecular weight is 421 g/mol. The second-order valence-corrected chi connectivity index (χ2v) is 8.33. The highest BCUT2D eigenvalue weighted by atomic mass is 35.5. The lowest BCUT2D eigenvalue weighted by molar-refractivity contribution is -0.162. The largest absolute Gasteiger partial charge is 0.416 e. The third-order valence-corrected chi connectivity index (χ3v) is 4.54. The molecule has 1 aliphatic rings.